The van der Waals surface area contributed by atoms with E-state index >= 15 is 0 Å². The molecule has 0 radical (unpaired) electrons. The third-order valence-electron chi connectivity index (χ3n) is 10.6. The summed E-state index contributed by atoms with van der Waals surface area (Å²) in [7, 11) is 0. The molecule has 2 nitrogen and oxygen atoms in total. The topological polar surface area (TPSA) is 16.4 Å². The molecule has 240 valence electrons. The van der Waals surface area contributed by atoms with Gasteiger partial charge >= 0.3 is 0 Å². The maximum atomic E-state index is 6.91. The molecule has 0 atom stereocenters. The molecule has 0 amide bonds. The average Bonchev–Trinajstić information content (AvgIpc) is 3.74. The Balaban J connectivity index is 1.18. The van der Waals surface area contributed by atoms with Crippen molar-refractivity contribution < 1.29 is 4.42 Å². The molecular weight excluding hydrogens is 619 g/mol. The Bertz CT molecular complexity index is 2630. The first-order valence-electron chi connectivity index (χ1n) is 17.5. The van der Waals surface area contributed by atoms with Crippen molar-refractivity contribution in [1.82, 2.24) is 0 Å². The minimum atomic E-state index is -0.447. The smallest absolute Gasteiger partial charge is 0.159 e. The summed E-state index contributed by atoms with van der Waals surface area (Å²) in [5.41, 5.74) is 14.4. The molecule has 9 aromatic rings. The van der Waals surface area contributed by atoms with Crippen LogP contribution in [0.5, 0.6) is 0 Å². The fourth-order valence-electron chi connectivity index (χ4n) is 8.40. The Morgan fingerprint density at radius 1 is 0.353 bits per heavy atom. The van der Waals surface area contributed by atoms with Crippen LogP contribution in [0.25, 0.3) is 44.2 Å². The fourth-order valence-corrected chi connectivity index (χ4v) is 8.40. The Kier molecular flexibility index (Phi) is 6.75. The Hall–Kier alpha value is -6.64. The zero-order valence-electron chi connectivity index (χ0n) is 27.9. The number of nitrogens with zero attached hydrogens (tertiary/aromatic N) is 1. The molecule has 51 heavy (non-hydrogen) atoms. The highest BCUT2D eigenvalue weighted by molar-refractivity contribution is 6.13. The molecule has 10 rings (SSSR count). The van der Waals surface area contributed by atoms with Crippen LogP contribution in [0.3, 0.4) is 0 Å². The van der Waals surface area contributed by atoms with Gasteiger partial charge in [0.2, 0.25) is 0 Å². The molecule has 0 saturated heterocycles. The van der Waals surface area contributed by atoms with Crippen LogP contribution in [0, 0.1) is 0 Å². The van der Waals surface area contributed by atoms with Gasteiger partial charge in [0.05, 0.1) is 11.1 Å². The summed E-state index contributed by atoms with van der Waals surface area (Å²) in [6, 6.07) is 71.9. The number of furan rings is 1. The molecule has 0 saturated carbocycles. The lowest BCUT2D eigenvalue weighted by molar-refractivity contribution is 0.670. The number of fused-ring (bicyclic) bond motifs is 6. The molecule has 1 aliphatic rings. The zero-order valence-corrected chi connectivity index (χ0v) is 27.9. The lowest BCUT2D eigenvalue weighted by Gasteiger charge is -2.34. The highest BCUT2D eigenvalue weighted by Gasteiger charge is 2.45. The standard InChI is InChI=1S/C49H33NO/c1-4-16-34(17-5-1)39-24-14-25-42-43-26-15-29-46(48(43)51-47(39)42)50(37-20-8-3-9-21-37)38-32-30-36(31-33-38)49(35-18-6-2-7-19-35)44-27-12-10-22-40(44)41-23-11-13-28-45(41)49/h1-33H. The molecule has 0 unspecified atom stereocenters. The van der Waals surface area contributed by atoms with Gasteiger partial charge in [-0.25, -0.2) is 0 Å². The van der Waals surface area contributed by atoms with E-state index in [0.29, 0.717) is 0 Å². The Morgan fingerprint density at radius 2 is 0.843 bits per heavy atom. The van der Waals surface area contributed by atoms with Crippen LogP contribution in [0.15, 0.2) is 205 Å². The summed E-state index contributed by atoms with van der Waals surface area (Å²) >= 11 is 0. The van der Waals surface area contributed by atoms with Crippen molar-refractivity contribution in [3.05, 3.63) is 222 Å². The monoisotopic (exact) mass is 651 g/mol. The van der Waals surface area contributed by atoms with Crippen molar-refractivity contribution in [2.75, 3.05) is 4.90 Å². The number of hydrogen-bond acceptors (Lipinski definition) is 2. The predicted octanol–water partition coefficient (Wildman–Crippen LogP) is 13.1. The van der Waals surface area contributed by atoms with Crippen LogP contribution in [0.2, 0.25) is 0 Å². The molecule has 0 aliphatic heterocycles. The van der Waals surface area contributed by atoms with Crippen LogP contribution >= 0.6 is 0 Å². The van der Waals surface area contributed by atoms with Crippen LogP contribution in [0.4, 0.5) is 17.1 Å². The minimum absolute atomic E-state index is 0.447. The van der Waals surface area contributed by atoms with Gasteiger partial charge in [-0.1, -0.05) is 170 Å². The van der Waals surface area contributed by atoms with E-state index in [2.05, 4.69) is 205 Å². The van der Waals surface area contributed by atoms with Crippen molar-refractivity contribution in [3.8, 4) is 22.3 Å². The lowest BCUT2D eigenvalue weighted by Crippen LogP contribution is -2.28. The molecule has 0 N–H and O–H groups in total. The minimum Gasteiger partial charge on any atom is -0.453 e. The first-order valence-corrected chi connectivity index (χ1v) is 17.5. The second kappa shape index (κ2) is 11.8. The summed E-state index contributed by atoms with van der Waals surface area (Å²) < 4.78 is 6.91. The van der Waals surface area contributed by atoms with Gasteiger partial charge < -0.3 is 9.32 Å². The van der Waals surface area contributed by atoms with E-state index < -0.39 is 5.41 Å². The quantitative estimate of drug-likeness (QED) is 0.178. The lowest BCUT2D eigenvalue weighted by atomic mass is 9.68. The summed E-state index contributed by atoms with van der Waals surface area (Å²) in [6.07, 6.45) is 0. The van der Waals surface area contributed by atoms with Crippen LogP contribution in [0.1, 0.15) is 22.3 Å². The molecule has 0 fully saturated rings. The van der Waals surface area contributed by atoms with Gasteiger partial charge in [0.25, 0.3) is 0 Å². The zero-order chi connectivity index (χ0) is 33.8. The van der Waals surface area contributed by atoms with E-state index in [-0.39, 0.29) is 0 Å². The first-order chi connectivity index (χ1) is 25.3. The molecule has 2 heteroatoms. The molecular formula is C49H33NO. The van der Waals surface area contributed by atoms with Crippen molar-refractivity contribution >= 4 is 39.0 Å². The molecule has 1 heterocycles. The highest BCUT2D eigenvalue weighted by atomic mass is 16.3. The largest absolute Gasteiger partial charge is 0.453 e. The van der Waals surface area contributed by atoms with E-state index in [1.807, 2.05) is 0 Å². The summed E-state index contributed by atoms with van der Waals surface area (Å²) in [5.74, 6) is 0. The molecule has 0 bridgehead atoms. The SMILES string of the molecule is c1ccc(-c2cccc3c2oc2c(N(c4ccccc4)c4ccc(C5(c6ccccc6)c6ccccc6-c6ccccc65)cc4)cccc23)cc1. The van der Waals surface area contributed by atoms with Gasteiger partial charge in [0.1, 0.15) is 5.58 Å². The van der Waals surface area contributed by atoms with Gasteiger partial charge in [-0.2, -0.15) is 0 Å². The number of rotatable bonds is 6. The van der Waals surface area contributed by atoms with E-state index in [9.17, 15) is 0 Å². The normalized spacial score (nSPS) is 12.9. The van der Waals surface area contributed by atoms with Gasteiger partial charge in [0, 0.05) is 27.7 Å². The summed E-state index contributed by atoms with van der Waals surface area (Å²) in [4.78, 5) is 2.32. The number of hydrogen-bond donors (Lipinski definition) is 0. The predicted molar refractivity (Wildman–Crippen MR) is 211 cm³/mol. The summed E-state index contributed by atoms with van der Waals surface area (Å²) in [5, 5.41) is 2.21. The van der Waals surface area contributed by atoms with Gasteiger partial charge in [-0.3, -0.25) is 0 Å². The highest BCUT2D eigenvalue weighted by Crippen LogP contribution is 2.56. The number of para-hydroxylation sites is 3. The number of benzene rings is 8. The van der Waals surface area contributed by atoms with Gasteiger partial charge in [-0.15, -0.1) is 0 Å². The third-order valence-corrected chi connectivity index (χ3v) is 10.6. The Morgan fingerprint density at radius 3 is 1.51 bits per heavy atom. The third kappa shape index (κ3) is 4.43. The van der Waals surface area contributed by atoms with Crippen LogP contribution in [-0.4, -0.2) is 0 Å². The van der Waals surface area contributed by atoms with Crippen LogP contribution < -0.4 is 4.90 Å². The van der Waals surface area contributed by atoms with Crippen molar-refractivity contribution in [2.45, 2.75) is 5.41 Å². The van der Waals surface area contributed by atoms with Gasteiger partial charge in [-0.05, 0) is 69.3 Å². The second-order valence-corrected chi connectivity index (χ2v) is 13.2. The van der Waals surface area contributed by atoms with Gasteiger partial charge in [0.15, 0.2) is 5.58 Å². The molecule has 1 aromatic heterocycles. The van der Waals surface area contributed by atoms with E-state index in [1.54, 1.807) is 0 Å². The van der Waals surface area contributed by atoms with E-state index in [0.717, 1.165) is 50.1 Å². The average molecular weight is 652 g/mol. The fraction of sp³-hybridized carbons (Fsp3) is 0.0204. The van der Waals surface area contributed by atoms with E-state index in [1.165, 1.54) is 33.4 Å². The van der Waals surface area contributed by atoms with Crippen molar-refractivity contribution in [3.63, 3.8) is 0 Å². The molecule has 0 spiro atoms. The van der Waals surface area contributed by atoms with Crippen molar-refractivity contribution in [1.29, 1.82) is 0 Å². The maximum absolute atomic E-state index is 6.91. The molecule has 8 aromatic carbocycles. The Labute approximate surface area is 297 Å². The van der Waals surface area contributed by atoms with Crippen molar-refractivity contribution in [2.24, 2.45) is 0 Å². The number of anilines is 3. The second-order valence-electron chi connectivity index (χ2n) is 13.2. The van der Waals surface area contributed by atoms with E-state index in [4.69, 9.17) is 4.42 Å². The van der Waals surface area contributed by atoms with Crippen LogP contribution in [-0.2, 0) is 5.41 Å². The molecule has 1 aliphatic carbocycles. The maximum Gasteiger partial charge on any atom is 0.159 e. The summed E-state index contributed by atoms with van der Waals surface area (Å²) in [6.45, 7) is 0. The first kappa shape index (κ1) is 29.3.